The second kappa shape index (κ2) is 12.3. The van der Waals surface area contributed by atoms with Gasteiger partial charge in [0.1, 0.15) is 12.4 Å². The van der Waals surface area contributed by atoms with Crippen molar-refractivity contribution >= 4 is 46.7 Å². The maximum atomic E-state index is 13.8. The number of fused-ring (bicyclic) bond motifs is 1. The maximum absolute atomic E-state index is 13.8. The van der Waals surface area contributed by atoms with Crippen molar-refractivity contribution in [2.75, 3.05) is 12.9 Å². The minimum absolute atomic E-state index is 0.212. The lowest BCUT2D eigenvalue weighted by atomic mass is 9.96. The molecule has 1 aromatic heterocycles. The van der Waals surface area contributed by atoms with Gasteiger partial charge in [0.15, 0.2) is 4.80 Å². The molecule has 0 radical (unpaired) electrons. The molecule has 0 aliphatic carbocycles. The van der Waals surface area contributed by atoms with E-state index in [4.69, 9.17) is 21.1 Å². The molecule has 0 saturated heterocycles. The van der Waals surface area contributed by atoms with Gasteiger partial charge in [-0.2, -0.15) is 0 Å². The van der Waals surface area contributed by atoms with Crippen LogP contribution in [0.4, 0.5) is 0 Å². The third-order valence-electron chi connectivity index (χ3n) is 6.48. The van der Waals surface area contributed by atoms with E-state index in [1.807, 2.05) is 85.1 Å². The smallest absolute Gasteiger partial charge is 0.338 e. The van der Waals surface area contributed by atoms with Gasteiger partial charge in [-0.25, -0.2) is 9.79 Å². The summed E-state index contributed by atoms with van der Waals surface area (Å²) in [4.78, 5) is 33.1. The molecule has 0 bridgehead atoms. The van der Waals surface area contributed by atoms with Crippen LogP contribution < -0.4 is 19.6 Å². The summed E-state index contributed by atoms with van der Waals surface area (Å²) < 4.78 is 13.4. The molecule has 40 heavy (non-hydrogen) atoms. The van der Waals surface area contributed by atoms with E-state index in [1.165, 1.54) is 11.3 Å². The summed E-state index contributed by atoms with van der Waals surface area (Å²) in [5.41, 5.74) is 3.28. The Balaban J connectivity index is 1.50. The summed E-state index contributed by atoms with van der Waals surface area (Å²) in [5.74, 6) is 0.228. The number of carbonyl (C=O) groups is 1. The molecule has 2 heterocycles. The van der Waals surface area contributed by atoms with Crippen LogP contribution in [0.1, 0.15) is 36.6 Å². The highest BCUT2D eigenvalue weighted by atomic mass is 35.5. The van der Waals surface area contributed by atoms with Crippen LogP contribution in [0.3, 0.4) is 0 Å². The van der Waals surface area contributed by atoms with Crippen LogP contribution in [-0.4, -0.2) is 23.4 Å². The number of ether oxygens (including phenoxy) is 2. The van der Waals surface area contributed by atoms with Crippen molar-refractivity contribution in [3.63, 3.8) is 0 Å². The summed E-state index contributed by atoms with van der Waals surface area (Å²) in [7, 11) is 0. The van der Waals surface area contributed by atoms with Crippen molar-refractivity contribution in [2.45, 2.75) is 31.4 Å². The number of esters is 1. The lowest BCUT2D eigenvalue weighted by Gasteiger charge is -2.24. The molecular weight excluding hydrogens is 564 g/mol. The number of rotatable bonds is 8. The first kappa shape index (κ1) is 28.0. The molecule has 9 heteroatoms. The Morgan fingerprint density at radius 3 is 2.50 bits per heavy atom. The molecule has 0 saturated carbocycles. The first-order valence-electron chi connectivity index (χ1n) is 12.7. The zero-order valence-corrected chi connectivity index (χ0v) is 24.6. The Labute approximate surface area is 245 Å². The van der Waals surface area contributed by atoms with Crippen LogP contribution in [0, 0.1) is 0 Å². The largest absolute Gasteiger partial charge is 0.489 e. The van der Waals surface area contributed by atoms with E-state index in [2.05, 4.69) is 4.99 Å². The van der Waals surface area contributed by atoms with Crippen molar-refractivity contribution < 1.29 is 14.3 Å². The van der Waals surface area contributed by atoms with Crippen molar-refractivity contribution in [1.29, 1.82) is 0 Å². The number of hydrogen-bond donors (Lipinski definition) is 0. The van der Waals surface area contributed by atoms with Gasteiger partial charge in [0.2, 0.25) is 0 Å². The van der Waals surface area contributed by atoms with E-state index < -0.39 is 12.0 Å². The van der Waals surface area contributed by atoms with E-state index in [0.717, 1.165) is 21.6 Å². The van der Waals surface area contributed by atoms with Crippen LogP contribution in [-0.2, 0) is 16.1 Å². The van der Waals surface area contributed by atoms with Crippen molar-refractivity contribution in [1.82, 2.24) is 4.57 Å². The van der Waals surface area contributed by atoms with Gasteiger partial charge in [-0.15, -0.1) is 11.8 Å². The monoisotopic (exact) mass is 590 g/mol. The molecular formula is C31H27ClN2O4S2. The van der Waals surface area contributed by atoms with E-state index in [1.54, 1.807) is 30.2 Å². The second-order valence-corrected chi connectivity index (χ2v) is 11.3. The molecule has 0 fully saturated rings. The molecule has 4 aromatic rings. The number of benzene rings is 3. The van der Waals surface area contributed by atoms with Crippen LogP contribution in [0.2, 0.25) is 5.02 Å². The number of thiazole rings is 1. The third kappa shape index (κ3) is 5.80. The van der Waals surface area contributed by atoms with E-state index >= 15 is 0 Å². The minimum atomic E-state index is -0.631. The fourth-order valence-corrected chi connectivity index (χ4v) is 6.13. The van der Waals surface area contributed by atoms with Crippen molar-refractivity contribution in [3.8, 4) is 5.75 Å². The summed E-state index contributed by atoms with van der Waals surface area (Å²) in [5, 5.41) is 0.661. The maximum Gasteiger partial charge on any atom is 0.338 e. The molecule has 0 N–H and O–H groups in total. The van der Waals surface area contributed by atoms with Crippen LogP contribution in [0.15, 0.2) is 98.7 Å². The quantitative estimate of drug-likeness (QED) is 0.193. The molecule has 5 rings (SSSR count). The summed E-state index contributed by atoms with van der Waals surface area (Å²) in [6.45, 7) is 4.14. The third-order valence-corrected chi connectivity index (χ3v) is 8.57. The highest BCUT2D eigenvalue weighted by Crippen LogP contribution is 2.31. The van der Waals surface area contributed by atoms with Crippen molar-refractivity contribution in [3.05, 3.63) is 125 Å². The number of nitrogens with zero attached hydrogens (tertiary/aromatic N) is 2. The molecule has 1 atom stereocenters. The average Bonchev–Trinajstić information content (AvgIpc) is 3.26. The molecule has 3 aromatic carbocycles. The first-order valence-corrected chi connectivity index (χ1v) is 15.1. The number of aromatic nitrogens is 1. The highest BCUT2D eigenvalue weighted by molar-refractivity contribution is 7.98. The highest BCUT2D eigenvalue weighted by Gasteiger charge is 2.33. The molecule has 1 aliphatic heterocycles. The SMILES string of the molecule is CCOC(=O)C1=C(C)N=c2s/c(=C\c3ccc(OCc4ccccc4Cl)cc3)c(=O)n2C1c1ccc(SC)cc1. The van der Waals surface area contributed by atoms with Gasteiger partial charge in [-0.05, 0) is 67.6 Å². The van der Waals surface area contributed by atoms with Gasteiger partial charge in [0.25, 0.3) is 5.56 Å². The number of halogens is 1. The predicted molar refractivity (Wildman–Crippen MR) is 161 cm³/mol. The van der Waals surface area contributed by atoms with Gasteiger partial charge >= 0.3 is 5.97 Å². The predicted octanol–water partition coefficient (Wildman–Crippen LogP) is 5.75. The Bertz CT molecular complexity index is 1760. The number of thioether (sulfide) groups is 1. The fraction of sp³-hybridized carbons (Fsp3) is 0.194. The van der Waals surface area contributed by atoms with Gasteiger partial charge in [-0.3, -0.25) is 9.36 Å². The van der Waals surface area contributed by atoms with Gasteiger partial charge in [0, 0.05) is 15.5 Å². The Hall–Kier alpha value is -3.59. The lowest BCUT2D eigenvalue weighted by molar-refractivity contribution is -0.139. The molecule has 0 amide bonds. The average molecular weight is 591 g/mol. The fourth-order valence-electron chi connectivity index (χ4n) is 4.48. The number of hydrogen-bond acceptors (Lipinski definition) is 7. The second-order valence-electron chi connectivity index (χ2n) is 9.02. The summed E-state index contributed by atoms with van der Waals surface area (Å²) >= 11 is 9.15. The van der Waals surface area contributed by atoms with E-state index in [-0.39, 0.29) is 12.2 Å². The van der Waals surface area contributed by atoms with Gasteiger partial charge in [0.05, 0.1) is 28.5 Å². The Morgan fingerprint density at radius 2 is 1.82 bits per heavy atom. The van der Waals surface area contributed by atoms with Crippen LogP contribution >= 0.6 is 34.7 Å². The molecule has 1 aliphatic rings. The van der Waals surface area contributed by atoms with E-state index in [0.29, 0.717) is 38.0 Å². The molecule has 204 valence electrons. The van der Waals surface area contributed by atoms with Gasteiger partial charge in [-0.1, -0.05) is 65.4 Å². The Morgan fingerprint density at radius 1 is 1.10 bits per heavy atom. The van der Waals surface area contributed by atoms with Crippen molar-refractivity contribution in [2.24, 2.45) is 4.99 Å². The van der Waals surface area contributed by atoms with Crippen LogP contribution in [0.25, 0.3) is 6.08 Å². The number of allylic oxidation sites excluding steroid dienone is 1. The number of carbonyl (C=O) groups excluding carboxylic acids is 1. The topological polar surface area (TPSA) is 69.9 Å². The standard InChI is InChI=1S/C31H27ClN2O4S2/c1-4-37-30(36)27-19(2)33-31-34(28(27)21-11-15-24(39-3)16-12-21)29(35)26(40-31)17-20-9-13-23(14-10-20)38-18-22-7-5-6-8-25(22)32/h5-17,28H,4,18H2,1-3H3/b26-17-. The molecule has 6 nitrogen and oxygen atoms in total. The normalized spacial score (nSPS) is 15.0. The first-order chi connectivity index (χ1) is 19.4. The zero-order chi connectivity index (χ0) is 28.2. The molecule has 0 spiro atoms. The summed E-state index contributed by atoms with van der Waals surface area (Å²) in [6.07, 6.45) is 3.84. The van der Waals surface area contributed by atoms with E-state index in [9.17, 15) is 9.59 Å². The van der Waals surface area contributed by atoms with Gasteiger partial charge < -0.3 is 9.47 Å². The zero-order valence-electron chi connectivity index (χ0n) is 22.2. The van der Waals surface area contributed by atoms with Crippen LogP contribution in [0.5, 0.6) is 5.75 Å². The molecule has 1 unspecified atom stereocenters. The summed E-state index contributed by atoms with van der Waals surface area (Å²) in [6, 6.07) is 22.3. The minimum Gasteiger partial charge on any atom is -0.489 e. The Kier molecular flexibility index (Phi) is 8.59. The lowest BCUT2D eigenvalue weighted by Crippen LogP contribution is -2.39.